The molecule has 0 saturated heterocycles. The fourth-order valence-corrected chi connectivity index (χ4v) is 2.50. The molecule has 2 aromatic carbocycles. The molecule has 0 aromatic heterocycles. The number of hydrogen-bond donors (Lipinski definition) is 2. The summed E-state index contributed by atoms with van der Waals surface area (Å²) in [5.74, 6) is 0.537. The number of ether oxygens (including phenoxy) is 3. The van der Waals surface area contributed by atoms with Crippen LogP contribution in [0.2, 0.25) is 0 Å². The maximum absolute atomic E-state index is 12.2. The molecule has 2 N–H and O–H groups in total. The minimum Gasteiger partial charge on any atom is -0.486 e. The molecular formula is C19H19NO6. The maximum Gasteiger partial charge on any atom is 0.341 e. The van der Waals surface area contributed by atoms with E-state index in [4.69, 9.17) is 19.3 Å². The first-order valence-corrected chi connectivity index (χ1v) is 8.23. The summed E-state index contributed by atoms with van der Waals surface area (Å²) in [6.07, 6.45) is 0.648. The maximum atomic E-state index is 12.2. The van der Waals surface area contributed by atoms with Crippen molar-refractivity contribution in [1.29, 1.82) is 0 Å². The van der Waals surface area contributed by atoms with Crippen LogP contribution < -0.4 is 19.5 Å². The van der Waals surface area contributed by atoms with Gasteiger partial charge in [-0.2, -0.15) is 0 Å². The number of carbonyl (C=O) groups is 2. The standard InChI is InChI=1S/C19H19NO6/c21-18(22)12-26-15-4-1-13(2-5-15)7-8-20-19(23)14-3-6-16-17(11-14)25-10-9-24-16/h1-6,11H,7-10,12H2,(H,20,23)(H,21,22). The number of rotatable bonds is 7. The Labute approximate surface area is 150 Å². The van der Waals surface area contributed by atoms with Crippen LogP contribution in [0, 0.1) is 0 Å². The molecule has 1 amide bonds. The van der Waals surface area contributed by atoms with E-state index in [9.17, 15) is 9.59 Å². The van der Waals surface area contributed by atoms with Crippen molar-refractivity contribution >= 4 is 11.9 Å². The summed E-state index contributed by atoms with van der Waals surface area (Å²) < 4.78 is 16.0. The lowest BCUT2D eigenvalue weighted by molar-refractivity contribution is -0.139. The van der Waals surface area contributed by atoms with Gasteiger partial charge in [-0.25, -0.2) is 4.79 Å². The van der Waals surface area contributed by atoms with Gasteiger partial charge >= 0.3 is 5.97 Å². The monoisotopic (exact) mass is 357 g/mol. The highest BCUT2D eigenvalue weighted by Crippen LogP contribution is 2.30. The van der Waals surface area contributed by atoms with E-state index in [-0.39, 0.29) is 12.5 Å². The number of amides is 1. The molecule has 0 radical (unpaired) electrons. The second-order valence-electron chi connectivity index (χ2n) is 5.69. The van der Waals surface area contributed by atoms with Crippen LogP contribution in [0.4, 0.5) is 0 Å². The Bertz CT molecular complexity index is 787. The van der Waals surface area contributed by atoms with Gasteiger partial charge in [0.25, 0.3) is 5.91 Å². The average Bonchev–Trinajstić information content (AvgIpc) is 2.67. The zero-order chi connectivity index (χ0) is 18.4. The number of nitrogens with one attached hydrogen (secondary N) is 1. The molecule has 7 nitrogen and oxygen atoms in total. The molecule has 0 saturated carbocycles. The Kier molecular flexibility index (Phi) is 5.58. The third-order valence-corrected chi connectivity index (χ3v) is 3.79. The molecule has 1 aliphatic rings. The third kappa shape index (κ3) is 4.66. The Balaban J connectivity index is 1.48. The van der Waals surface area contributed by atoms with Gasteiger partial charge in [-0.1, -0.05) is 12.1 Å². The number of fused-ring (bicyclic) bond motifs is 1. The fraction of sp³-hybridized carbons (Fsp3) is 0.263. The third-order valence-electron chi connectivity index (χ3n) is 3.79. The van der Waals surface area contributed by atoms with Crippen LogP contribution in [0.5, 0.6) is 17.2 Å². The molecule has 7 heteroatoms. The first kappa shape index (κ1) is 17.6. The molecule has 1 heterocycles. The van der Waals surface area contributed by atoms with E-state index < -0.39 is 5.97 Å². The topological polar surface area (TPSA) is 94.1 Å². The van der Waals surface area contributed by atoms with Crippen LogP contribution >= 0.6 is 0 Å². The Morgan fingerprint density at radius 3 is 2.50 bits per heavy atom. The summed E-state index contributed by atoms with van der Waals surface area (Å²) in [6.45, 7) is 1.09. The van der Waals surface area contributed by atoms with Crippen molar-refractivity contribution in [3.8, 4) is 17.2 Å². The molecule has 0 unspecified atom stereocenters. The second-order valence-corrected chi connectivity index (χ2v) is 5.69. The van der Waals surface area contributed by atoms with Crippen LogP contribution in [-0.4, -0.2) is 43.3 Å². The van der Waals surface area contributed by atoms with E-state index in [1.165, 1.54) is 0 Å². The average molecular weight is 357 g/mol. The summed E-state index contributed by atoms with van der Waals surface area (Å²) >= 11 is 0. The number of aliphatic carboxylic acids is 1. The minimum absolute atomic E-state index is 0.177. The number of carboxylic acids is 1. The van der Waals surface area contributed by atoms with Gasteiger partial charge in [0.15, 0.2) is 18.1 Å². The molecule has 0 fully saturated rings. The van der Waals surface area contributed by atoms with Crippen LogP contribution in [0.1, 0.15) is 15.9 Å². The zero-order valence-electron chi connectivity index (χ0n) is 14.1. The SMILES string of the molecule is O=C(O)COc1ccc(CCNC(=O)c2ccc3c(c2)OCCO3)cc1. The quantitative estimate of drug-likeness (QED) is 0.786. The number of hydrogen-bond acceptors (Lipinski definition) is 5. The van der Waals surface area contributed by atoms with Gasteiger partial charge in [0.1, 0.15) is 19.0 Å². The van der Waals surface area contributed by atoms with E-state index in [2.05, 4.69) is 5.32 Å². The Hall–Kier alpha value is -3.22. The smallest absolute Gasteiger partial charge is 0.341 e. The molecular weight excluding hydrogens is 338 g/mol. The molecule has 2 aromatic rings. The van der Waals surface area contributed by atoms with Crippen molar-refractivity contribution in [2.24, 2.45) is 0 Å². The minimum atomic E-state index is -1.02. The number of carboxylic acid groups (broad SMARTS) is 1. The highest BCUT2D eigenvalue weighted by molar-refractivity contribution is 5.94. The van der Waals surface area contributed by atoms with E-state index in [1.54, 1.807) is 30.3 Å². The highest BCUT2D eigenvalue weighted by atomic mass is 16.6. The molecule has 3 rings (SSSR count). The predicted octanol–water partition coefficient (Wildman–Crippen LogP) is 1.89. The molecule has 0 atom stereocenters. The Morgan fingerprint density at radius 2 is 1.77 bits per heavy atom. The van der Waals surface area contributed by atoms with Crippen molar-refractivity contribution < 1.29 is 28.9 Å². The summed E-state index contributed by atoms with van der Waals surface area (Å²) in [5, 5.41) is 11.4. The molecule has 0 bridgehead atoms. The second kappa shape index (κ2) is 8.24. The predicted molar refractivity (Wildman–Crippen MR) is 93.0 cm³/mol. The van der Waals surface area contributed by atoms with Gasteiger partial charge in [-0.15, -0.1) is 0 Å². The molecule has 26 heavy (non-hydrogen) atoms. The van der Waals surface area contributed by atoms with Crippen molar-refractivity contribution in [3.05, 3.63) is 53.6 Å². The fourth-order valence-electron chi connectivity index (χ4n) is 2.50. The van der Waals surface area contributed by atoms with Crippen LogP contribution in [0.25, 0.3) is 0 Å². The van der Waals surface area contributed by atoms with Crippen LogP contribution in [0.3, 0.4) is 0 Å². The lowest BCUT2D eigenvalue weighted by Crippen LogP contribution is -2.26. The van der Waals surface area contributed by atoms with Gasteiger partial charge in [0, 0.05) is 12.1 Å². The molecule has 0 aliphatic carbocycles. The van der Waals surface area contributed by atoms with Gasteiger partial charge < -0.3 is 24.6 Å². The van der Waals surface area contributed by atoms with Crippen LogP contribution in [-0.2, 0) is 11.2 Å². The Morgan fingerprint density at radius 1 is 1.04 bits per heavy atom. The summed E-state index contributed by atoms with van der Waals surface area (Å²) in [7, 11) is 0. The van der Waals surface area contributed by atoms with Gasteiger partial charge in [0.05, 0.1) is 0 Å². The number of benzene rings is 2. The van der Waals surface area contributed by atoms with Crippen molar-refractivity contribution in [2.75, 3.05) is 26.4 Å². The van der Waals surface area contributed by atoms with Crippen LogP contribution in [0.15, 0.2) is 42.5 Å². The highest BCUT2D eigenvalue weighted by Gasteiger charge is 2.14. The first-order valence-electron chi connectivity index (χ1n) is 8.23. The van der Waals surface area contributed by atoms with Crippen molar-refractivity contribution in [3.63, 3.8) is 0 Å². The van der Waals surface area contributed by atoms with Gasteiger partial charge in [-0.05, 0) is 42.3 Å². The lowest BCUT2D eigenvalue weighted by Gasteiger charge is -2.18. The summed E-state index contributed by atoms with van der Waals surface area (Å²) in [5.41, 5.74) is 1.53. The zero-order valence-corrected chi connectivity index (χ0v) is 14.1. The lowest BCUT2D eigenvalue weighted by atomic mass is 10.1. The van der Waals surface area contributed by atoms with Crippen molar-refractivity contribution in [2.45, 2.75) is 6.42 Å². The van der Waals surface area contributed by atoms with Gasteiger partial charge in [0.2, 0.25) is 0 Å². The van der Waals surface area contributed by atoms with E-state index in [1.807, 2.05) is 12.1 Å². The summed E-state index contributed by atoms with van der Waals surface area (Å²) in [4.78, 5) is 22.7. The number of carbonyl (C=O) groups excluding carboxylic acids is 1. The van der Waals surface area contributed by atoms with E-state index >= 15 is 0 Å². The summed E-state index contributed by atoms with van der Waals surface area (Å²) in [6, 6.07) is 12.2. The van der Waals surface area contributed by atoms with E-state index in [0.29, 0.717) is 49.0 Å². The van der Waals surface area contributed by atoms with Crippen molar-refractivity contribution in [1.82, 2.24) is 5.32 Å². The molecule has 0 spiro atoms. The first-order chi connectivity index (χ1) is 12.6. The largest absolute Gasteiger partial charge is 0.486 e. The molecule has 136 valence electrons. The van der Waals surface area contributed by atoms with E-state index in [0.717, 1.165) is 5.56 Å². The normalized spacial score (nSPS) is 12.3. The molecule has 1 aliphatic heterocycles. The van der Waals surface area contributed by atoms with Gasteiger partial charge in [-0.3, -0.25) is 4.79 Å².